The van der Waals surface area contributed by atoms with Crippen molar-refractivity contribution in [1.29, 1.82) is 0 Å². The van der Waals surface area contributed by atoms with E-state index in [1.807, 2.05) is 12.1 Å². The Morgan fingerprint density at radius 1 is 0.857 bits per heavy atom. The first-order valence-electron chi connectivity index (χ1n) is 9.43. The second-order valence-corrected chi connectivity index (χ2v) is 6.20. The number of Topliss-reactive ketones (excluding diaryl/α,β-unsaturated/α-hetero) is 1. The Bertz CT molecular complexity index is 809. The second kappa shape index (κ2) is 10.3. The molecule has 0 unspecified atom stereocenters. The number of amides is 1. The Kier molecular flexibility index (Phi) is 7.75. The number of benzene rings is 2. The fraction of sp³-hybridized carbons (Fsp3) is 0.318. The molecule has 6 heteroatoms. The van der Waals surface area contributed by atoms with E-state index in [-0.39, 0.29) is 18.3 Å². The van der Waals surface area contributed by atoms with Gasteiger partial charge in [0.25, 0.3) is 0 Å². The Hall–Kier alpha value is -3.15. The first kappa shape index (κ1) is 21.2. The summed E-state index contributed by atoms with van der Waals surface area (Å²) in [5, 5.41) is 2.71. The average molecular weight is 382 g/mol. The summed E-state index contributed by atoms with van der Waals surface area (Å²) in [4.78, 5) is 37.9. The number of ether oxygens (including phenoxy) is 1. The number of ketones is 1. The summed E-state index contributed by atoms with van der Waals surface area (Å²) in [6.45, 7) is 7.34. The molecule has 0 aliphatic carbocycles. The molecule has 0 saturated carbocycles. The van der Waals surface area contributed by atoms with Crippen molar-refractivity contribution in [3.8, 4) is 0 Å². The van der Waals surface area contributed by atoms with Crippen LogP contribution in [0.4, 0.5) is 11.4 Å². The van der Waals surface area contributed by atoms with Crippen LogP contribution in [-0.4, -0.2) is 37.4 Å². The molecule has 0 fully saturated rings. The summed E-state index contributed by atoms with van der Waals surface area (Å²) in [5.41, 5.74) is 2.47. The molecule has 0 heterocycles. The molecular weight excluding hydrogens is 356 g/mol. The molecule has 28 heavy (non-hydrogen) atoms. The third-order valence-corrected chi connectivity index (χ3v) is 4.38. The highest BCUT2D eigenvalue weighted by molar-refractivity contribution is 6.00. The molecule has 0 aliphatic heterocycles. The van der Waals surface area contributed by atoms with Crippen LogP contribution in [0.1, 0.15) is 47.9 Å². The quantitative estimate of drug-likeness (QED) is 0.525. The minimum absolute atomic E-state index is 0.0972. The topological polar surface area (TPSA) is 75.7 Å². The van der Waals surface area contributed by atoms with Gasteiger partial charge in [0.05, 0.1) is 5.56 Å². The van der Waals surface area contributed by atoms with Crippen molar-refractivity contribution < 1.29 is 19.1 Å². The van der Waals surface area contributed by atoms with Gasteiger partial charge in [-0.1, -0.05) is 6.92 Å². The van der Waals surface area contributed by atoms with Crippen LogP contribution in [0.25, 0.3) is 0 Å². The second-order valence-electron chi connectivity index (χ2n) is 6.20. The van der Waals surface area contributed by atoms with Gasteiger partial charge in [0, 0.05) is 36.4 Å². The lowest BCUT2D eigenvalue weighted by atomic mass is 10.1. The summed E-state index contributed by atoms with van der Waals surface area (Å²) in [5.74, 6) is -0.937. The van der Waals surface area contributed by atoms with Gasteiger partial charge in [0.1, 0.15) is 0 Å². The molecule has 0 saturated heterocycles. The molecule has 2 aromatic rings. The molecule has 0 atom stereocenters. The van der Waals surface area contributed by atoms with Gasteiger partial charge >= 0.3 is 5.97 Å². The molecule has 0 radical (unpaired) electrons. The predicted molar refractivity (Wildman–Crippen MR) is 110 cm³/mol. The molecule has 6 nitrogen and oxygen atoms in total. The summed E-state index contributed by atoms with van der Waals surface area (Å²) < 4.78 is 5.14. The Morgan fingerprint density at radius 3 is 1.96 bits per heavy atom. The van der Waals surface area contributed by atoms with Crippen molar-refractivity contribution in [1.82, 2.24) is 0 Å². The van der Waals surface area contributed by atoms with E-state index in [1.54, 1.807) is 43.3 Å². The Balaban J connectivity index is 1.91. The first-order valence-corrected chi connectivity index (χ1v) is 9.43. The third kappa shape index (κ3) is 5.67. The lowest BCUT2D eigenvalue weighted by molar-refractivity contribution is -0.115. The molecule has 1 N–H and O–H groups in total. The monoisotopic (exact) mass is 382 g/mol. The van der Waals surface area contributed by atoms with E-state index in [0.717, 1.165) is 18.8 Å². The number of carbonyl (C=O) groups excluding carboxylic acids is 3. The molecular formula is C22H26N2O4. The van der Waals surface area contributed by atoms with Gasteiger partial charge in [-0.3, -0.25) is 9.59 Å². The van der Waals surface area contributed by atoms with Gasteiger partial charge in [0.2, 0.25) is 5.91 Å². The molecule has 148 valence electrons. The summed E-state index contributed by atoms with van der Waals surface area (Å²) >= 11 is 0. The van der Waals surface area contributed by atoms with Crippen molar-refractivity contribution in [3.05, 3.63) is 59.7 Å². The lowest BCUT2D eigenvalue weighted by Crippen LogP contribution is -2.21. The maximum atomic E-state index is 12.2. The Morgan fingerprint density at radius 2 is 1.43 bits per heavy atom. The van der Waals surface area contributed by atoms with Crippen molar-refractivity contribution in [2.45, 2.75) is 27.2 Å². The van der Waals surface area contributed by atoms with E-state index in [1.165, 1.54) is 0 Å². The van der Waals surface area contributed by atoms with Crippen molar-refractivity contribution in [3.63, 3.8) is 0 Å². The van der Waals surface area contributed by atoms with E-state index in [9.17, 15) is 14.4 Å². The minimum atomic E-state index is -0.536. The van der Waals surface area contributed by atoms with Crippen LogP contribution in [0.2, 0.25) is 0 Å². The van der Waals surface area contributed by atoms with Crippen molar-refractivity contribution in [2.24, 2.45) is 0 Å². The number of hydrogen-bond donors (Lipinski definition) is 1. The van der Waals surface area contributed by atoms with Gasteiger partial charge < -0.3 is 15.0 Å². The average Bonchev–Trinajstić information content (AvgIpc) is 2.73. The van der Waals surface area contributed by atoms with E-state index in [2.05, 4.69) is 24.1 Å². The highest BCUT2D eigenvalue weighted by Crippen LogP contribution is 2.16. The molecule has 1 amide bonds. The van der Waals surface area contributed by atoms with Gasteiger partial charge in [0.15, 0.2) is 12.4 Å². The standard InChI is InChI=1S/C22H26N2O4/c1-4-21(26)23-18-11-7-16(8-12-18)20(25)15-28-22(27)17-9-13-19(14-10-17)24(5-2)6-3/h7-14H,4-6,15H2,1-3H3,(H,23,26). The van der Waals surface area contributed by atoms with E-state index >= 15 is 0 Å². The molecule has 2 aromatic carbocycles. The number of nitrogens with one attached hydrogen (secondary N) is 1. The minimum Gasteiger partial charge on any atom is -0.454 e. The summed E-state index contributed by atoms with van der Waals surface area (Å²) in [7, 11) is 0. The van der Waals surface area contributed by atoms with Crippen LogP contribution in [0.5, 0.6) is 0 Å². The zero-order chi connectivity index (χ0) is 20.5. The van der Waals surface area contributed by atoms with E-state index in [4.69, 9.17) is 4.74 Å². The van der Waals surface area contributed by atoms with Gasteiger partial charge in [-0.25, -0.2) is 4.79 Å². The SMILES string of the molecule is CCC(=O)Nc1ccc(C(=O)COC(=O)c2ccc(N(CC)CC)cc2)cc1. The van der Waals surface area contributed by atoms with Crippen molar-refractivity contribution >= 4 is 29.0 Å². The van der Waals surface area contributed by atoms with E-state index < -0.39 is 5.97 Å². The van der Waals surface area contributed by atoms with Gasteiger partial charge in [-0.15, -0.1) is 0 Å². The van der Waals surface area contributed by atoms with Crippen LogP contribution in [-0.2, 0) is 9.53 Å². The maximum Gasteiger partial charge on any atom is 0.338 e. The number of esters is 1. The maximum absolute atomic E-state index is 12.2. The molecule has 0 spiro atoms. The highest BCUT2D eigenvalue weighted by Gasteiger charge is 2.13. The third-order valence-electron chi connectivity index (χ3n) is 4.38. The number of nitrogens with zero attached hydrogens (tertiary/aromatic N) is 1. The summed E-state index contributed by atoms with van der Waals surface area (Å²) in [6.07, 6.45) is 0.381. The van der Waals surface area contributed by atoms with Crippen LogP contribution in [0.3, 0.4) is 0 Å². The van der Waals surface area contributed by atoms with Crippen LogP contribution in [0, 0.1) is 0 Å². The molecule has 2 rings (SSSR count). The number of rotatable bonds is 9. The number of carbonyl (C=O) groups is 3. The first-order chi connectivity index (χ1) is 13.5. The predicted octanol–water partition coefficient (Wildman–Crippen LogP) is 3.92. The summed E-state index contributed by atoms with van der Waals surface area (Å²) in [6, 6.07) is 13.6. The van der Waals surface area contributed by atoms with Crippen LogP contribution < -0.4 is 10.2 Å². The van der Waals surface area contributed by atoms with Crippen molar-refractivity contribution in [2.75, 3.05) is 29.9 Å². The zero-order valence-electron chi connectivity index (χ0n) is 16.5. The van der Waals surface area contributed by atoms with Gasteiger partial charge in [-0.05, 0) is 62.4 Å². The number of anilines is 2. The van der Waals surface area contributed by atoms with Gasteiger partial charge in [-0.2, -0.15) is 0 Å². The zero-order valence-corrected chi connectivity index (χ0v) is 16.5. The van der Waals surface area contributed by atoms with Crippen LogP contribution in [0.15, 0.2) is 48.5 Å². The smallest absolute Gasteiger partial charge is 0.338 e. The molecule has 0 bridgehead atoms. The Labute approximate surface area is 165 Å². The normalized spacial score (nSPS) is 10.2. The van der Waals surface area contributed by atoms with Crippen LogP contribution >= 0.6 is 0 Å². The lowest BCUT2D eigenvalue weighted by Gasteiger charge is -2.20. The number of hydrogen-bond acceptors (Lipinski definition) is 5. The van der Waals surface area contributed by atoms with E-state index in [0.29, 0.717) is 23.2 Å². The largest absolute Gasteiger partial charge is 0.454 e. The fourth-order valence-electron chi connectivity index (χ4n) is 2.68. The highest BCUT2D eigenvalue weighted by atomic mass is 16.5. The fourth-order valence-corrected chi connectivity index (χ4v) is 2.68. The molecule has 0 aromatic heterocycles. The molecule has 0 aliphatic rings.